The number of halogens is 2. The Bertz CT molecular complexity index is 1250. The van der Waals surface area contributed by atoms with Crippen LogP contribution in [0.3, 0.4) is 0 Å². The predicted molar refractivity (Wildman–Crippen MR) is 154 cm³/mol. The van der Waals surface area contributed by atoms with Crippen molar-refractivity contribution < 1.29 is 4.79 Å². The number of hydrogen-bond acceptors (Lipinski definition) is 7. The van der Waals surface area contributed by atoms with Crippen LogP contribution < -0.4 is 14.7 Å². The summed E-state index contributed by atoms with van der Waals surface area (Å²) in [6.45, 7) is 8.59. The van der Waals surface area contributed by atoms with Gasteiger partial charge >= 0.3 is 0 Å². The van der Waals surface area contributed by atoms with Gasteiger partial charge in [0, 0.05) is 74.8 Å². The van der Waals surface area contributed by atoms with Gasteiger partial charge in [-0.25, -0.2) is 9.97 Å². The smallest absolute Gasteiger partial charge is 0.233 e. The molecule has 0 atom stereocenters. The summed E-state index contributed by atoms with van der Waals surface area (Å²) in [4.78, 5) is 30.8. The molecule has 3 aromatic rings. The van der Waals surface area contributed by atoms with Crippen LogP contribution in [-0.4, -0.2) is 78.9 Å². The zero-order valence-electron chi connectivity index (χ0n) is 20.8. The van der Waals surface area contributed by atoms with E-state index in [1.54, 1.807) is 0 Å². The van der Waals surface area contributed by atoms with Crippen molar-refractivity contribution in [2.24, 2.45) is 0 Å². The van der Waals surface area contributed by atoms with Gasteiger partial charge in [0.1, 0.15) is 11.0 Å². The zero-order valence-corrected chi connectivity index (χ0v) is 23.1. The Morgan fingerprint density at radius 2 is 1.54 bits per heavy atom. The molecule has 5 rings (SSSR count). The van der Waals surface area contributed by atoms with Gasteiger partial charge in [-0.15, -0.1) is 0 Å². The van der Waals surface area contributed by atoms with Crippen LogP contribution in [0.15, 0.2) is 59.8 Å². The zero-order chi connectivity index (χ0) is 25.8. The number of hydrogen-bond donors (Lipinski definition) is 0. The van der Waals surface area contributed by atoms with E-state index in [2.05, 4.69) is 56.9 Å². The molecule has 1 amide bonds. The van der Waals surface area contributed by atoms with Crippen LogP contribution >= 0.6 is 35.0 Å². The highest BCUT2D eigenvalue weighted by molar-refractivity contribution is 7.99. The topological polar surface area (TPSA) is 55.8 Å². The number of carbonyl (C=O) groups excluding carboxylic acids is 1. The number of para-hydroxylation sites is 1. The number of amides is 1. The number of carbonyl (C=O) groups is 1. The van der Waals surface area contributed by atoms with Crippen molar-refractivity contribution in [1.82, 2.24) is 14.9 Å². The van der Waals surface area contributed by atoms with Crippen molar-refractivity contribution in [3.8, 4) is 0 Å². The lowest BCUT2D eigenvalue weighted by atomic mass is 10.1. The number of anilines is 3. The first-order valence-electron chi connectivity index (χ1n) is 12.5. The van der Waals surface area contributed by atoms with Crippen LogP contribution in [0.4, 0.5) is 17.2 Å². The van der Waals surface area contributed by atoms with E-state index in [1.165, 1.54) is 23.0 Å². The standard InChI is InChI=1S/C27H30Cl2N6OS/c1-20-5-2-3-8-23(20)33-11-13-34(14-12-33)25-18-24(29)30-27(31-25)37-19-26(36)35-15-9-32(10-16-35)22-7-4-6-21(28)17-22/h2-8,17-18H,9-16,19H2,1H3. The molecule has 3 heterocycles. The minimum atomic E-state index is 0.0905. The molecular weight excluding hydrogens is 527 g/mol. The number of thioether (sulfide) groups is 1. The summed E-state index contributed by atoms with van der Waals surface area (Å²) in [5.41, 5.74) is 3.66. The lowest BCUT2D eigenvalue weighted by Crippen LogP contribution is -2.49. The fourth-order valence-electron chi connectivity index (χ4n) is 4.81. The summed E-state index contributed by atoms with van der Waals surface area (Å²) < 4.78 is 0. The molecule has 0 spiro atoms. The van der Waals surface area contributed by atoms with Crippen molar-refractivity contribution in [2.75, 3.05) is 72.8 Å². The van der Waals surface area contributed by atoms with Gasteiger partial charge in [-0.2, -0.15) is 0 Å². The average molecular weight is 558 g/mol. The quantitative estimate of drug-likeness (QED) is 0.244. The van der Waals surface area contributed by atoms with E-state index in [-0.39, 0.29) is 11.7 Å². The van der Waals surface area contributed by atoms with E-state index < -0.39 is 0 Å². The highest BCUT2D eigenvalue weighted by Crippen LogP contribution is 2.26. The Balaban J connectivity index is 1.14. The number of rotatable bonds is 6. The molecule has 0 unspecified atom stereocenters. The lowest BCUT2D eigenvalue weighted by molar-refractivity contribution is -0.128. The van der Waals surface area contributed by atoms with E-state index in [1.807, 2.05) is 29.2 Å². The van der Waals surface area contributed by atoms with E-state index in [0.717, 1.165) is 55.8 Å². The number of aromatic nitrogens is 2. The number of aryl methyl sites for hydroxylation is 1. The average Bonchev–Trinajstić information content (AvgIpc) is 2.92. The molecule has 2 saturated heterocycles. The number of piperazine rings is 2. The highest BCUT2D eigenvalue weighted by Gasteiger charge is 2.23. The normalized spacial score (nSPS) is 16.3. The molecule has 10 heteroatoms. The van der Waals surface area contributed by atoms with Crippen molar-refractivity contribution >= 4 is 58.1 Å². The molecule has 0 saturated carbocycles. The van der Waals surface area contributed by atoms with Gasteiger partial charge in [-0.3, -0.25) is 4.79 Å². The molecule has 2 aliphatic heterocycles. The second-order valence-electron chi connectivity index (χ2n) is 9.23. The maximum absolute atomic E-state index is 12.9. The second-order valence-corrected chi connectivity index (χ2v) is 11.0. The maximum atomic E-state index is 12.9. The first kappa shape index (κ1) is 25.9. The molecular formula is C27H30Cl2N6OS. The van der Waals surface area contributed by atoms with Crippen molar-refractivity contribution in [3.05, 3.63) is 70.3 Å². The van der Waals surface area contributed by atoms with Crippen LogP contribution in [0.25, 0.3) is 0 Å². The van der Waals surface area contributed by atoms with E-state index in [0.29, 0.717) is 23.4 Å². The molecule has 194 valence electrons. The Labute approximate surface area is 232 Å². The maximum Gasteiger partial charge on any atom is 0.233 e. The third-order valence-electron chi connectivity index (χ3n) is 6.85. The van der Waals surface area contributed by atoms with Crippen LogP contribution in [0.2, 0.25) is 10.2 Å². The Morgan fingerprint density at radius 1 is 0.838 bits per heavy atom. The summed E-state index contributed by atoms with van der Waals surface area (Å²) in [5.74, 6) is 1.19. The van der Waals surface area contributed by atoms with Crippen molar-refractivity contribution in [2.45, 2.75) is 12.1 Å². The van der Waals surface area contributed by atoms with Gasteiger partial charge in [0.2, 0.25) is 5.91 Å². The predicted octanol–water partition coefficient (Wildman–Crippen LogP) is 4.86. The van der Waals surface area contributed by atoms with Gasteiger partial charge in [-0.05, 0) is 36.8 Å². The van der Waals surface area contributed by atoms with Crippen molar-refractivity contribution in [1.29, 1.82) is 0 Å². The molecule has 7 nitrogen and oxygen atoms in total. The molecule has 2 fully saturated rings. The first-order chi connectivity index (χ1) is 18.0. The summed E-state index contributed by atoms with van der Waals surface area (Å²) in [6.07, 6.45) is 0. The van der Waals surface area contributed by atoms with Crippen LogP contribution in [0, 0.1) is 6.92 Å². The van der Waals surface area contributed by atoms with E-state index in [9.17, 15) is 4.79 Å². The Kier molecular flexibility index (Phi) is 8.27. The summed E-state index contributed by atoms with van der Waals surface area (Å²) in [6, 6.07) is 18.1. The highest BCUT2D eigenvalue weighted by atomic mass is 35.5. The molecule has 37 heavy (non-hydrogen) atoms. The van der Waals surface area contributed by atoms with Crippen molar-refractivity contribution in [3.63, 3.8) is 0 Å². The second kappa shape index (κ2) is 11.8. The molecule has 0 radical (unpaired) electrons. The minimum Gasteiger partial charge on any atom is -0.368 e. The summed E-state index contributed by atoms with van der Waals surface area (Å²) in [5, 5.41) is 1.66. The molecule has 2 aromatic carbocycles. The molecule has 0 bridgehead atoms. The Hall–Kier alpha value is -2.68. The summed E-state index contributed by atoms with van der Waals surface area (Å²) in [7, 11) is 0. The minimum absolute atomic E-state index is 0.0905. The van der Waals surface area contributed by atoms with Gasteiger partial charge in [0.05, 0.1) is 5.75 Å². The SMILES string of the molecule is Cc1ccccc1N1CCN(c2cc(Cl)nc(SCC(=O)N3CCN(c4cccc(Cl)c4)CC3)n2)CC1. The largest absolute Gasteiger partial charge is 0.368 e. The van der Waals surface area contributed by atoms with Crippen LogP contribution in [0.1, 0.15) is 5.56 Å². The van der Waals surface area contributed by atoms with Gasteiger partial charge in [0.25, 0.3) is 0 Å². The van der Waals surface area contributed by atoms with E-state index >= 15 is 0 Å². The first-order valence-corrected chi connectivity index (χ1v) is 14.2. The monoisotopic (exact) mass is 556 g/mol. The van der Waals surface area contributed by atoms with Crippen LogP contribution in [-0.2, 0) is 4.79 Å². The fraction of sp³-hybridized carbons (Fsp3) is 0.370. The molecule has 2 aliphatic rings. The molecule has 0 aliphatic carbocycles. The number of nitrogens with zero attached hydrogens (tertiary/aromatic N) is 6. The summed E-state index contributed by atoms with van der Waals surface area (Å²) >= 11 is 13.8. The molecule has 1 aromatic heterocycles. The Morgan fingerprint density at radius 3 is 2.27 bits per heavy atom. The lowest BCUT2D eigenvalue weighted by Gasteiger charge is -2.37. The van der Waals surface area contributed by atoms with E-state index in [4.69, 9.17) is 28.2 Å². The fourth-order valence-corrected chi connectivity index (χ4v) is 5.98. The third-order valence-corrected chi connectivity index (χ3v) is 8.11. The number of benzene rings is 2. The van der Waals surface area contributed by atoms with Gasteiger partial charge in [0.15, 0.2) is 5.16 Å². The third kappa shape index (κ3) is 6.43. The van der Waals surface area contributed by atoms with Gasteiger partial charge in [-0.1, -0.05) is 59.2 Å². The van der Waals surface area contributed by atoms with Crippen LogP contribution in [0.5, 0.6) is 0 Å². The van der Waals surface area contributed by atoms with Gasteiger partial charge < -0.3 is 19.6 Å². The molecule has 0 N–H and O–H groups in total.